The first-order valence-corrected chi connectivity index (χ1v) is 9.61. The number of anilines is 1. The molecular formula is C21H25ClN6O. The number of carbonyl (C=O) groups is 1. The van der Waals surface area contributed by atoms with Crippen LogP contribution in [-0.2, 0) is 6.42 Å². The standard InChI is InChI=1S/C21H25ClN6O/c1-5-14-10-11-24-12-17(14)26-20(25-13-23)28-19(21(2,3)4)27-18(29)15-6-8-16(22)9-7-15/h6-12,19H,5H2,1-4H3,(H,27,29)(H2,25,26,28). The van der Waals surface area contributed by atoms with E-state index in [2.05, 4.69) is 25.9 Å². The Morgan fingerprint density at radius 3 is 2.55 bits per heavy atom. The zero-order chi connectivity index (χ0) is 21.4. The lowest BCUT2D eigenvalue weighted by Crippen LogP contribution is -2.44. The molecule has 0 aliphatic carbocycles. The van der Waals surface area contributed by atoms with Crippen LogP contribution in [0.25, 0.3) is 0 Å². The molecule has 1 atom stereocenters. The molecule has 1 aromatic carbocycles. The van der Waals surface area contributed by atoms with Gasteiger partial charge in [0.15, 0.2) is 6.19 Å². The van der Waals surface area contributed by atoms with Crippen molar-refractivity contribution in [2.24, 2.45) is 10.4 Å². The molecule has 0 fully saturated rings. The van der Waals surface area contributed by atoms with Crippen LogP contribution < -0.4 is 16.0 Å². The van der Waals surface area contributed by atoms with Gasteiger partial charge in [-0.2, -0.15) is 5.26 Å². The SMILES string of the molecule is CCc1ccncc1NC(=NC(NC(=O)c1ccc(Cl)cc1)C(C)(C)C)NC#N. The molecule has 0 saturated carbocycles. The van der Waals surface area contributed by atoms with Gasteiger partial charge >= 0.3 is 0 Å². The van der Waals surface area contributed by atoms with Gasteiger partial charge in [0.25, 0.3) is 5.91 Å². The summed E-state index contributed by atoms with van der Waals surface area (Å²) < 4.78 is 0. The van der Waals surface area contributed by atoms with E-state index in [0.29, 0.717) is 10.6 Å². The van der Waals surface area contributed by atoms with Crippen molar-refractivity contribution in [1.29, 1.82) is 5.26 Å². The molecule has 0 saturated heterocycles. The summed E-state index contributed by atoms with van der Waals surface area (Å²) in [4.78, 5) is 21.4. The van der Waals surface area contributed by atoms with Crippen LogP contribution in [0.5, 0.6) is 0 Å². The zero-order valence-electron chi connectivity index (χ0n) is 17.0. The van der Waals surface area contributed by atoms with Gasteiger partial charge in [-0.25, -0.2) is 4.99 Å². The average molecular weight is 413 g/mol. The minimum Gasteiger partial charge on any atom is -0.330 e. The van der Waals surface area contributed by atoms with Crippen LogP contribution in [0.3, 0.4) is 0 Å². The maximum atomic E-state index is 12.7. The fraction of sp³-hybridized carbons (Fsp3) is 0.333. The predicted octanol–water partition coefficient (Wildman–Crippen LogP) is 3.94. The van der Waals surface area contributed by atoms with Crippen molar-refractivity contribution in [3.05, 3.63) is 58.9 Å². The number of amides is 1. The second kappa shape index (κ2) is 9.89. The van der Waals surface area contributed by atoms with E-state index in [1.165, 1.54) is 0 Å². The van der Waals surface area contributed by atoms with Gasteiger partial charge in [0.2, 0.25) is 5.96 Å². The number of hydrogen-bond donors (Lipinski definition) is 3. The summed E-state index contributed by atoms with van der Waals surface area (Å²) in [6.45, 7) is 7.89. The van der Waals surface area contributed by atoms with E-state index in [4.69, 9.17) is 16.9 Å². The number of aliphatic imine (C=N–C) groups is 1. The fourth-order valence-electron chi connectivity index (χ4n) is 2.50. The number of aromatic nitrogens is 1. The predicted molar refractivity (Wildman–Crippen MR) is 116 cm³/mol. The summed E-state index contributed by atoms with van der Waals surface area (Å²) in [5, 5.41) is 18.3. The molecule has 7 nitrogen and oxygen atoms in total. The number of halogens is 1. The van der Waals surface area contributed by atoms with Crippen LogP contribution in [0.1, 0.15) is 43.6 Å². The van der Waals surface area contributed by atoms with Crippen LogP contribution in [-0.4, -0.2) is 23.0 Å². The first-order chi connectivity index (χ1) is 13.7. The summed E-state index contributed by atoms with van der Waals surface area (Å²) in [5.41, 5.74) is 1.84. The Labute approximate surface area is 176 Å². The Morgan fingerprint density at radius 1 is 1.28 bits per heavy atom. The Balaban J connectivity index is 2.30. The normalized spacial score (nSPS) is 12.6. The number of hydrogen-bond acceptors (Lipinski definition) is 4. The quantitative estimate of drug-likeness (QED) is 0.299. The van der Waals surface area contributed by atoms with Crippen LogP contribution >= 0.6 is 11.6 Å². The largest absolute Gasteiger partial charge is 0.330 e. The first kappa shape index (κ1) is 22.2. The summed E-state index contributed by atoms with van der Waals surface area (Å²) in [6.07, 6.45) is 5.46. The third kappa shape index (κ3) is 6.47. The highest BCUT2D eigenvalue weighted by Crippen LogP contribution is 2.22. The Bertz CT molecular complexity index is 912. The van der Waals surface area contributed by atoms with Crippen molar-refractivity contribution < 1.29 is 4.79 Å². The van der Waals surface area contributed by atoms with Gasteiger partial charge in [0.05, 0.1) is 11.9 Å². The van der Waals surface area contributed by atoms with Gasteiger partial charge in [-0.15, -0.1) is 0 Å². The van der Waals surface area contributed by atoms with Crippen molar-refractivity contribution in [2.45, 2.75) is 40.3 Å². The fourth-order valence-corrected chi connectivity index (χ4v) is 2.63. The summed E-state index contributed by atoms with van der Waals surface area (Å²) in [7, 11) is 0. The molecule has 2 aromatic rings. The Kier molecular flexibility index (Phi) is 7.57. The minimum absolute atomic E-state index is 0.228. The highest BCUT2D eigenvalue weighted by atomic mass is 35.5. The molecule has 1 heterocycles. The van der Waals surface area contributed by atoms with Gasteiger partial charge in [-0.1, -0.05) is 39.3 Å². The second-order valence-corrected chi connectivity index (χ2v) is 7.91. The van der Waals surface area contributed by atoms with E-state index in [-0.39, 0.29) is 11.9 Å². The van der Waals surface area contributed by atoms with E-state index in [1.807, 2.05) is 40.0 Å². The van der Waals surface area contributed by atoms with Gasteiger partial charge < -0.3 is 10.6 Å². The van der Waals surface area contributed by atoms with Gasteiger partial charge in [0.1, 0.15) is 6.17 Å². The summed E-state index contributed by atoms with van der Waals surface area (Å²) in [6, 6.07) is 8.51. The van der Waals surface area contributed by atoms with E-state index >= 15 is 0 Å². The molecule has 29 heavy (non-hydrogen) atoms. The number of aryl methyl sites for hydroxylation is 1. The molecule has 0 bridgehead atoms. The molecule has 3 N–H and O–H groups in total. The van der Waals surface area contributed by atoms with Crippen molar-refractivity contribution in [3.8, 4) is 6.19 Å². The lowest BCUT2D eigenvalue weighted by Gasteiger charge is -2.29. The minimum atomic E-state index is -0.601. The topological polar surface area (TPSA) is 102 Å². The second-order valence-electron chi connectivity index (χ2n) is 7.47. The molecule has 2 rings (SSSR count). The Morgan fingerprint density at radius 2 is 1.97 bits per heavy atom. The van der Waals surface area contributed by atoms with Crippen LogP contribution in [0.4, 0.5) is 5.69 Å². The molecular weight excluding hydrogens is 388 g/mol. The zero-order valence-corrected chi connectivity index (χ0v) is 17.7. The number of guanidine groups is 1. The highest BCUT2D eigenvalue weighted by molar-refractivity contribution is 6.30. The molecule has 8 heteroatoms. The first-order valence-electron chi connectivity index (χ1n) is 9.23. The van der Waals surface area contributed by atoms with Crippen molar-refractivity contribution in [3.63, 3.8) is 0 Å². The molecule has 1 unspecified atom stereocenters. The lowest BCUT2D eigenvalue weighted by atomic mass is 9.92. The summed E-state index contributed by atoms with van der Waals surface area (Å²) in [5.74, 6) is -0.0520. The molecule has 0 radical (unpaired) electrons. The van der Waals surface area contributed by atoms with Crippen molar-refractivity contribution in [2.75, 3.05) is 5.32 Å². The maximum Gasteiger partial charge on any atom is 0.252 e. The van der Waals surface area contributed by atoms with Crippen molar-refractivity contribution in [1.82, 2.24) is 15.6 Å². The van der Waals surface area contributed by atoms with Gasteiger partial charge in [0, 0.05) is 22.2 Å². The third-order valence-corrected chi connectivity index (χ3v) is 4.42. The number of nitriles is 1. The van der Waals surface area contributed by atoms with Crippen LogP contribution in [0.15, 0.2) is 47.7 Å². The third-order valence-electron chi connectivity index (χ3n) is 4.17. The maximum absolute atomic E-state index is 12.7. The van der Waals surface area contributed by atoms with E-state index in [9.17, 15) is 4.79 Å². The number of carbonyl (C=O) groups excluding carboxylic acids is 1. The monoisotopic (exact) mass is 412 g/mol. The van der Waals surface area contributed by atoms with Crippen molar-refractivity contribution >= 4 is 29.2 Å². The number of rotatable bonds is 5. The van der Waals surface area contributed by atoms with E-state index in [1.54, 1.807) is 36.7 Å². The summed E-state index contributed by atoms with van der Waals surface area (Å²) >= 11 is 5.89. The Hall–Kier alpha value is -3.11. The average Bonchev–Trinajstić information content (AvgIpc) is 2.67. The van der Waals surface area contributed by atoms with E-state index in [0.717, 1.165) is 17.7 Å². The number of benzene rings is 1. The molecule has 0 spiro atoms. The smallest absolute Gasteiger partial charge is 0.252 e. The van der Waals surface area contributed by atoms with Gasteiger partial charge in [-0.05, 0) is 42.3 Å². The number of pyridine rings is 1. The molecule has 0 aliphatic heterocycles. The highest BCUT2D eigenvalue weighted by Gasteiger charge is 2.27. The molecule has 1 aromatic heterocycles. The number of nitrogens with one attached hydrogen (secondary N) is 3. The van der Waals surface area contributed by atoms with E-state index < -0.39 is 11.6 Å². The number of nitrogens with zero attached hydrogens (tertiary/aromatic N) is 3. The molecule has 0 aliphatic rings. The van der Waals surface area contributed by atoms with Crippen LogP contribution in [0, 0.1) is 16.9 Å². The lowest BCUT2D eigenvalue weighted by molar-refractivity contribution is 0.0906. The van der Waals surface area contributed by atoms with Gasteiger partial charge in [-0.3, -0.25) is 15.1 Å². The molecule has 1 amide bonds. The van der Waals surface area contributed by atoms with Crippen LogP contribution in [0.2, 0.25) is 5.02 Å². The molecule has 152 valence electrons.